The molecule has 0 N–H and O–H groups in total. The van der Waals surface area contributed by atoms with E-state index in [0.29, 0.717) is 11.3 Å². The molecular weight excluding hydrogens is 212 g/mol. The number of ether oxygens (including phenoxy) is 1. The SMILES string of the molecule is C/C=C/C(=O)c1c(OC)ccc2ccccc12. The Morgan fingerprint density at radius 1 is 1.18 bits per heavy atom. The molecule has 0 fully saturated rings. The first-order valence-electron chi connectivity index (χ1n) is 5.50. The number of hydrogen-bond donors (Lipinski definition) is 0. The van der Waals surface area contributed by atoms with E-state index >= 15 is 0 Å². The van der Waals surface area contributed by atoms with Crippen LogP contribution in [0.5, 0.6) is 5.75 Å². The molecule has 2 rings (SSSR count). The van der Waals surface area contributed by atoms with Gasteiger partial charge in [-0.3, -0.25) is 4.79 Å². The second kappa shape index (κ2) is 4.83. The van der Waals surface area contributed by atoms with Crippen LogP contribution in [0.1, 0.15) is 17.3 Å². The monoisotopic (exact) mass is 226 g/mol. The smallest absolute Gasteiger partial charge is 0.189 e. The molecule has 86 valence electrons. The van der Waals surface area contributed by atoms with Crippen molar-refractivity contribution in [2.24, 2.45) is 0 Å². The first kappa shape index (κ1) is 11.4. The van der Waals surface area contributed by atoms with Crippen LogP contribution in [0.25, 0.3) is 10.8 Å². The molecule has 0 aliphatic carbocycles. The van der Waals surface area contributed by atoms with Gasteiger partial charge in [0, 0.05) is 0 Å². The van der Waals surface area contributed by atoms with Crippen molar-refractivity contribution in [1.29, 1.82) is 0 Å². The van der Waals surface area contributed by atoms with Crippen LogP contribution < -0.4 is 4.74 Å². The van der Waals surface area contributed by atoms with Gasteiger partial charge in [-0.15, -0.1) is 0 Å². The molecule has 0 aliphatic heterocycles. The summed E-state index contributed by atoms with van der Waals surface area (Å²) in [6.07, 6.45) is 3.30. The first-order valence-corrected chi connectivity index (χ1v) is 5.50. The fraction of sp³-hybridized carbons (Fsp3) is 0.133. The summed E-state index contributed by atoms with van der Waals surface area (Å²) in [6.45, 7) is 1.83. The molecule has 0 atom stereocenters. The Bertz CT molecular complexity index is 582. The van der Waals surface area contributed by atoms with Crippen molar-refractivity contribution < 1.29 is 9.53 Å². The number of carbonyl (C=O) groups excluding carboxylic acids is 1. The van der Waals surface area contributed by atoms with Crippen LogP contribution >= 0.6 is 0 Å². The highest BCUT2D eigenvalue weighted by Gasteiger charge is 2.13. The Kier molecular flexibility index (Phi) is 3.24. The van der Waals surface area contributed by atoms with Crippen molar-refractivity contribution >= 4 is 16.6 Å². The van der Waals surface area contributed by atoms with Crippen molar-refractivity contribution in [2.75, 3.05) is 7.11 Å². The van der Waals surface area contributed by atoms with Gasteiger partial charge in [0.25, 0.3) is 0 Å². The predicted molar refractivity (Wildman–Crippen MR) is 69.6 cm³/mol. The van der Waals surface area contributed by atoms with E-state index in [1.807, 2.05) is 43.3 Å². The molecule has 2 heteroatoms. The lowest BCUT2D eigenvalue weighted by Crippen LogP contribution is -2.00. The zero-order valence-corrected chi connectivity index (χ0v) is 9.94. The maximum atomic E-state index is 12.1. The van der Waals surface area contributed by atoms with Crippen LogP contribution in [0.2, 0.25) is 0 Å². The Morgan fingerprint density at radius 2 is 1.94 bits per heavy atom. The molecule has 0 aromatic heterocycles. The third kappa shape index (κ3) is 2.07. The summed E-state index contributed by atoms with van der Waals surface area (Å²) in [5.41, 5.74) is 0.628. The van der Waals surface area contributed by atoms with Gasteiger partial charge in [-0.2, -0.15) is 0 Å². The van der Waals surface area contributed by atoms with E-state index in [-0.39, 0.29) is 5.78 Å². The van der Waals surface area contributed by atoms with Crippen molar-refractivity contribution in [2.45, 2.75) is 6.92 Å². The summed E-state index contributed by atoms with van der Waals surface area (Å²) in [7, 11) is 1.58. The number of allylic oxidation sites excluding steroid dienone is 2. The topological polar surface area (TPSA) is 26.3 Å². The Balaban J connectivity index is 2.75. The van der Waals surface area contributed by atoms with Crippen LogP contribution in [0, 0.1) is 0 Å². The largest absolute Gasteiger partial charge is 0.496 e. The van der Waals surface area contributed by atoms with E-state index in [1.54, 1.807) is 19.3 Å². The fourth-order valence-corrected chi connectivity index (χ4v) is 1.91. The predicted octanol–water partition coefficient (Wildman–Crippen LogP) is 3.61. The van der Waals surface area contributed by atoms with Gasteiger partial charge in [0.15, 0.2) is 5.78 Å². The second-order valence-corrected chi connectivity index (χ2v) is 3.73. The molecule has 0 spiro atoms. The standard InChI is InChI=1S/C15H14O2/c1-3-6-13(16)15-12-8-5-4-7-11(12)9-10-14(15)17-2/h3-10H,1-2H3/b6-3+. The zero-order chi connectivity index (χ0) is 12.3. The number of benzene rings is 2. The minimum absolute atomic E-state index is 0.0267. The summed E-state index contributed by atoms with van der Waals surface area (Å²) in [5, 5.41) is 1.97. The molecule has 2 aromatic carbocycles. The molecule has 2 nitrogen and oxygen atoms in total. The number of methoxy groups -OCH3 is 1. The van der Waals surface area contributed by atoms with Crippen LogP contribution in [-0.2, 0) is 0 Å². The van der Waals surface area contributed by atoms with Crippen LogP contribution in [0.4, 0.5) is 0 Å². The molecule has 0 radical (unpaired) electrons. The third-order valence-electron chi connectivity index (χ3n) is 2.68. The van der Waals surface area contributed by atoms with E-state index in [9.17, 15) is 4.79 Å². The average Bonchev–Trinajstić information content (AvgIpc) is 2.37. The van der Waals surface area contributed by atoms with Gasteiger partial charge in [0.1, 0.15) is 5.75 Å². The van der Waals surface area contributed by atoms with Gasteiger partial charge in [-0.05, 0) is 29.8 Å². The average molecular weight is 226 g/mol. The lowest BCUT2D eigenvalue weighted by molar-refractivity contribution is 0.104. The zero-order valence-electron chi connectivity index (χ0n) is 9.94. The molecule has 2 aromatic rings. The number of hydrogen-bond acceptors (Lipinski definition) is 2. The molecule has 0 heterocycles. The van der Waals surface area contributed by atoms with Gasteiger partial charge >= 0.3 is 0 Å². The van der Waals surface area contributed by atoms with Gasteiger partial charge < -0.3 is 4.74 Å². The highest BCUT2D eigenvalue weighted by Crippen LogP contribution is 2.28. The highest BCUT2D eigenvalue weighted by molar-refractivity contribution is 6.15. The van der Waals surface area contributed by atoms with E-state index in [4.69, 9.17) is 4.74 Å². The maximum Gasteiger partial charge on any atom is 0.189 e. The summed E-state index contributed by atoms with van der Waals surface area (Å²) in [4.78, 5) is 12.1. The van der Waals surface area contributed by atoms with Gasteiger partial charge in [-0.25, -0.2) is 0 Å². The molecule has 0 unspecified atom stereocenters. The highest BCUT2D eigenvalue weighted by atomic mass is 16.5. The number of fused-ring (bicyclic) bond motifs is 1. The summed E-state index contributed by atoms with van der Waals surface area (Å²) in [6, 6.07) is 11.6. The normalized spacial score (nSPS) is 10.9. The minimum Gasteiger partial charge on any atom is -0.496 e. The molecule has 0 bridgehead atoms. The van der Waals surface area contributed by atoms with Gasteiger partial charge in [-0.1, -0.05) is 36.4 Å². The molecule has 0 saturated heterocycles. The third-order valence-corrected chi connectivity index (χ3v) is 2.68. The minimum atomic E-state index is -0.0267. The van der Waals surface area contributed by atoms with Crippen LogP contribution in [-0.4, -0.2) is 12.9 Å². The molecule has 0 saturated carbocycles. The number of ketones is 1. The summed E-state index contributed by atoms with van der Waals surface area (Å²) in [5.74, 6) is 0.591. The van der Waals surface area contributed by atoms with Crippen molar-refractivity contribution in [3.63, 3.8) is 0 Å². The van der Waals surface area contributed by atoms with Crippen molar-refractivity contribution in [1.82, 2.24) is 0 Å². The van der Waals surface area contributed by atoms with E-state index in [1.165, 1.54) is 0 Å². The number of rotatable bonds is 3. The Hall–Kier alpha value is -2.09. The molecule has 0 aliphatic rings. The van der Waals surface area contributed by atoms with Gasteiger partial charge in [0.05, 0.1) is 12.7 Å². The van der Waals surface area contributed by atoms with Crippen LogP contribution in [0.15, 0.2) is 48.6 Å². The summed E-state index contributed by atoms with van der Waals surface area (Å²) >= 11 is 0. The lowest BCUT2D eigenvalue weighted by Gasteiger charge is -2.09. The Morgan fingerprint density at radius 3 is 2.65 bits per heavy atom. The molecule has 0 amide bonds. The quantitative estimate of drug-likeness (QED) is 0.590. The lowest BCUT2D eigenvalue weighted by atomic mass is 10.00. The number of carbonyl (C=O) groups is 1. The fourth-order valence-electron chi connectivity index (χ4n) is 1.91. The van der Waals surface area contributed by atoms with Gasteiger partial charge in [0.2, 0.25) is 0 Å². The van der Waals surface area contributed by atoms with Crippen LogP contribution in [0.3, 0.4) is 0 Å². The Labute approximate surface area is 101 Å². The van der Waals surface area contributed by atoms with E-state index in [2.05, 4.69) is 0 Å². The van der Waals surface area contributed by atoms with Crippen molar-refractivity contribution in [3.05, 3.63) is 54.1 Å². The van der Waals surface area contributed by atoms with E-state index in [0.717, 1.165) is 10.8 Å². The van der Waals surface area contributed by atoms with E-state index < -0.39 is 0 Å². The molecular formula is C15H14O2. The molecule has 17 heavy (non-hydrogen) atoms. The maximum absolute atomic E-state index is 12.1. The first-order chi connectivity index (χ1) is 8.27. The second-order valence-electron chi connectivity index (χ2n) is 3.73. The van der Waals surface area contributed by atoms with Crippen molar-refractivity contribution in [3.8, 4) is 5.75 Å². The summed E-state index contributed by atoms with van der Waals surface area (Å²) < 4.78 is 5.27.